The number of rotatable bonds is 5. The molecule has 5 rings (SSSR count). The molecule has 0 spiro atoms. The molecule has 1 fully saturated rings. The number of piperidine rings is 1. The van der Waals surface area contributed by atoms with Gasteiger partial charge in [0.05, 0.1) is 5.56 Å². The lowest BCUT2D eigenvalue weighted by molar-refractivity contribution is -0.118. The molecule has 2 aliphatic heterocycles. The molecule has 3 aromatic heterocycles. The van der Waals surface area contributed by atoms with Crippen LogP contribution in [-0.4, -0.2) is 85.0 Å². The standard InChI is InChI=1S/C13H19N3O3.C7H6N4O2.C6H11NO/c1-8(2)15-4-5-16-9(7-14-3)6-10(17)12(18)11(16)13(15)19;8-5(12)4-2-1-3-11-6(4)9-10-7(11)13;8-6-7-4-2-1-3-5-7/h6,8,14,18H,4-5,7H2,1-3H3;1-3H,(H2,8,12)(H,10,13);6H,1-5H2. The SMILES string of the molecule is CNCc1cc(=O)c(O)c2n1CCN(C(C)C)C2=O.NC(=O)c1cccn2c(=O)[nH]nc12.O=CN1CCCCC1. The van der Waals surface area contributed by atoms with E-state index in [9.17, 15) is 29.1 Å². The molecule has 0 saturated carbocycles. The van der Waals surface area contributed by atoms with Gasteiger partial charge in [-0.05, 0) is 52.3 Å². The number of H-pyrrole nitrogens is 1. The van der Waals surface area contributed by atoms with Gasteiger partial charge < -0.3 is 30.5 Å². The number of carbonyl (C=O) groups excluding carboxylic acids is 3. The van der Waals surface area contributed by atoms with Crippen molar-refractivity contribution in [2.75, 3.05) is 26.7 Å². The van der Waals surface area contributed by atoms with Crippen molar-refractivity contribution in [3.05, 3.63) is 62.1 Å². The van der Waals surface area contributed by atoms with Gasteiger partial charge in [0.25, 0.3) is 11.8 Å². The molecule has 0 bridgehead atoms. The summed E-state index contributed by atoms with van der Waals surface area (Å²) >= 11 is 0. The fraction of sp³-hybridized carbons (Fsp3) is 0.462. The van der Waals surface area contributed by atoms with Gasteiger partial charge in [0.15, 0.2) is 17.1 Å². The molecule has 14 nitrogen and oxygen atoms in total. The Labute approximate surface area is 230 Å². The van der Waals surface area contributed by atoms with E-state index in [4.69, 9.17) is 5.73 Å². The Morgan fingerprint density at radius 3 is 2.45 bits per heavy atom. The van der Waals surface area contributed by atoms with E-state index in [0.717, 1.165) is 25.2 Å². The number of hydrogen-bond acceptors (Lipinski definition) is 8. The second-order valence-electron chi connectivity index (χ2n) is 9.68. The second kappa shape index (κ2) is 13.6. The molecule has 3 amide bonds. The number of nitrogens with zero attached hydrogens (tertiary/aromatic N) is 5. The molecule has 0 aliphatic carbocycles. The molecule has 14 heteroatoms. The number of aromatic amines is 1. The van der Waals surface area contributed by atoms with Gasteiger partial charge in [0.1, 0.15) is 0 Å². The monoisotopic (exact) mass is 556 g/mol. The fourth-order valence-corrected chi connectivity index (χ4v) is 4.57. The summed E-state index contributed by atoms with van der Waals surface area (Å²) in [5, 5.41) is 18.8. The van der Waals surface area contributed by atoms with Crippen LogP contribution in [0, 0.1) is 0 Å². The molecule has 2 aliphatic rings. The number of hydrogen-bond donors (Lipinski definition) is 4. The van der Waals surface area contributed by atoms with Crippen LogP contribution in [0.4, 0.5) is 0 Å². The molecule has 0 radical (unpaired) electrons. The number of nitrogens with two attached hydrogens (primary N) is 1. The normalized spacial score (nSPS) is 14.7. The van der Waals surface area contributed by atoms with Crippen LogP contribution in [0.3, 0.4) is 0 Å². The average Bonchev–Trinajstić information content (AvgIpc) is 3.33. The van der Waals surface area contributed by atoms with Gasteiger partial charge in [-0.15, -0.1) is 0 Å². The predicted molar refractivity (Wildman–Crippen MR) is 147 cm³/mol. The first-order valence-corrected chi connectivity index (χ1v) is 13.1. The molecule has 3 aromatic rings. The number of carbonyl (C=O) groups is 3. The molecule has 0 unspecified atom stereocenters. The number of fused-ring (bicyclic) bond motifs is 2. The Balaban J connectivity index is 0.000000181. The van der Waals surface area contributed by atoms with E-state index < -0.39 is 22.8 Å². The van der Waals surface area contributed by atoms with E-state index in [1.54, 1.807) is 22.6 Å². The molecule has 0 aromatic carbocycles. The number of aromatic hydroxyl groups is 1. The summed E-state index contributed by atoms with van der Waals surface area (Å²) in [4.78, 5) is 59.6. The molecule has 1 saturated heterocycles. The van der Waals surface area contributed by atoms with E-state index in [0.29, 0.717) is 19.6 Å². The minimum atomic E-state index is -0.607. The third-order valence-electron chi connectivity index (χ3n) is 6.63. The summed E-state index contributed by atoms with van der Waals surface area (Å²) in [5.74, 6) is -1.34. The summed E-state index contributed by atoms with van der Waals surface area (Å²) in [6.07, 6.45) is 6.13. The fourth-order valence-electron chi connectivity index (χ4n) is 4.57. The van der Waals surface area contributed by atoms with E-state index in [2.05, 4.69) is 15.5 Å². The van der Waals surface area contributed by atoms with Gasteiger partial charge in [0.2, 0.25) is 11.8 Å². The highest BCUT2D eigenvalue weighted by atomic mass is 16.3. The van der Waals surface area contributed by atoms with E-state index in [1.165, 1.54) is 42.0 Å². The Morgan fingerprint density at radius 1 is 1.18 bits per heavy atom. The van der Waals surface area contributed by atoms with Crippen molar-refractivity contribution >= 4 is 23.9 Å². The van der Waals surface area contributed by atoms with Gasteiger partial charge in [-0.25, -0.2) is 14.3 Å². The number of nitrogens with one attached hydrogen (secondary N) is 2. The molecule has 40 heavy (non-hydrogen) atoms. The minimum absolute atomic E-state index is 0.0451. The summed E-state index contributed by atoms with van der Waals surface area (Å²) in [6, 6.07) is 4.50. The highest BCUT2D eigenvalue weighted by Gasteiger charge is 2.31. The van der Waals surface area contributed by atoms with Gasteiger partial charge in [-0.3, -0.25) is 19.2 Å². The Bertz CT molecular complexity index is 1470. The number of primary amides is 1. The van der Waals surface area contributed by atoms with Crippen molar-refractivity contribution in [3.8, 4) is 5.75 Å². The van der Waals surface area contributed by atoms with Crippen LogP contribution in [0.15, 0.2) is 34.0 Å². The van der Waals surface area contributed by atoms with Crippen molar-refractivity contribution in [1.82, 2.24) is 34.3 Å². The first kappa shape index (κ1) is 30.1. The largest absolute Gasteiger partial charge is 0.503 e. The third-order valence-corrected chi connectivity index (χ3v) is 6.63. The van der Waals surface area contributed by atoms with Crippen LogP contribution < -0.4 is 22.2 Å². The van der Waals surface area contributed by atoms with Gasteiger partial charge in [-0.1, -0.05) is 0 Å². The lowest BCUT2D eigenvalue weighted by Gasteiger charge is -2.34. The Kier molecular flexibility index (Phi) is 10.2. The van der Waals surface area contributed by atoms with Gasteiger partial charge in [-0.2, -0.15) is 5.10 Å². The molecular formula is C26H36N8O6. The van der Waals surface area contributed by atoms with E-state index >= 15 is 0 Å². The zero-order valence-electron chi connectivity index (χ0n) is 22.9. The maximum absolute atomic E-state index is 12.4. The van der Waals surface area contributed by atoms with Crippen molar-refractivity contribution in [2.45, 2.75) is 52.2 Å². The highest BCUT2D eigenvalue weighted by molar-refractivity contribution is 5.98. The number of aromatic nitrogens is 4. The predicted octanol–water partition coefficient (Wildman–Crippen LogP) is -0.112. The maximum atomic E-state index is 12.4. The molecule has 216 valence electrons. The molecule has 5 N–H and O–H groups in total. The first-order valence-electron chi connectivity index (χ1n) is 13.1. The minimum Gasteiger partial charge on any atom is -0.503 e. The van der Waals surface area contributed by atoms with E-state index in [1.807, 2.05) is 18.7 Å². The zero-order valence-corrected chi connectivity index (χ0v) is 22.9. The van der Waals surface area contributed by atoms with Crippen molar-refractivity contribution in [1.29, 1.82) is 0 Å². The van der Waals surface area contributed by atoms with Gasteiger partial charge >= 0.3 is 5.69 Å². The quantitative estimate of drug-likeness (QED) is 0.313. The van der Waals surface area contributed by atoms with Crippen LogP contribution in [0.25, 0.3) is 5.65 Å². The summed E-state index contributed by atoms with van der Waals surface area (Å²) < 4.78 is 2.95. The summed E-state index contributed by atoms with van der Waals surface area (Å²) in [5.41, 5.74) is 5.49. The number of amides is 3. The van der Waals surface area contributed by atoms with Crippen LogP contribution in [0.2, 0.25) is 0 Å². The summed E-state index contributed by atoms with van der Waals surface area (Å²) in [7, 11) is 1.77. The zero-order chi connectivity index (χ0) is 29.4. The average molecular weight is 557 g/mol. The summed E-state index contributed by atoms with van der Waals surface area (Å²) in [6.45, 7) is 7.44. The van der Waals surface area contributed by atoms with Crippen molar-refractivity contribution < 1.29 is 19.5 Å². The highest BCUT2D eigenvalue weighted by Crippen LogP contribution is 2.22. The molecular weight excluding hydrogens is 520 g/mol. The Hall–Kier alpha value is -4.46. The molecule has 5 heterocycles. The maximum Gasteiger partial charge on any atom is 0.347 e. The Morgan fingerprint density at radius 2 is 1.88 bits per heavy atom. The third kappa shape index (κ3) is 6.75. The second-order valence-corrected chi connectivity index (χ2v) is 9.68. The number of pyridine rings is 2. The van der Waals surface area contributed by atoms with Gasteiger partial charge in [0, 0.05) is 56.7 Å². The van der Waals surface area contributed by atoms with Crippen LogP contribution in [-0.2, 0) is 17.9 Å². The molecule has 0 atom stereocenters. The van der Waals surface area contributed by atoms with Crippen LogP contribution >= 0.6 is 0 Å². The lowest BCUT2D eigenvalue weighted by atomic mass is 10.1. The van der Waals surface area contributed by atoms with Crippen LogP contribution in [0.1, 0.15) is 59.7 Å². The van der Waals surface area contributed by atoms with Crippen molar-refractivity contribution in [3.63, 3.8) is 0 Å². The van der Waals surface area contributed by atoms with Crippen molar-refractivity contribution in [2.24, 2.45) is 5.73 Å². The van der Waals surface area contributed by atoms with E-state index in [-0.39, 0.29) is 28.9 Å². The first-order chi connectivity index (χ1) is 19.1. The smallest absolute Gasteiger partial charge is 0.347 e. The topological polar surface area (TPSA) is 188 Å². The number of likely N-dealkylation sites (tertiary alicyclic amines) is 1. The van der Waals surface area contributed by atoms with Crippen LogP contribution in [0.5, 0.6) is 5.75 Å². The lowest BCUT2D eigenvalue weighted by Crippen LogP contribution is -2.46.